The van der Waals surface area contributed by atoms with Gasteiger partial charge in [-0.1, -0.05) is 60.7 Å². The van der Waals surface area contributed by atoms with E-state index in [2.05, 4.69) is 22.3 Å². The number of piperidine rings is 1. The number of alkyl carbamates (subject to hydrolysis) is 1. The molecule has 6 heteroatoms. The molecule has 0 aliphatic carbocycles. The number of likely N-dealkylation sites (tertiary alicyclic amines) is 1. The van der Waals surface area contributed by atoms with Gasteiger partial charge in [0.1, 0.15) is 12.6 Å². The number of hydrogen-bond donors (Lipinski definition) is 2. The highest BCUT2D eigenvalue weighted by atomic mass is 16.5. The predicted octanol–water partition coefficient (Wildman–Crippen LogP) is 3.32. The summed E-state index contributed by atoms with van der Waals surface area (Å²) in [6.07, 6.45) is 1.78. The first-order valence-electron chi connectivity index (χ1n) is 10.1. The van der Waals surface area contributed by atoms with E-state index in [0.717, 1.165) is 44.5 Å². The van der Waals surface area contributed by atoms with Crippen LogP contribution in [0.15, 0.2) is 60.7 Å². The molecule has 0 radical (unpaired) electrons. The minimum Gasteiger partial charge on any atom is -0.480 e. The third-order valence-electron chi connectivity index (χ3n) is 5.42. The van der Waals surface area contributed by atoms with Crippen molar-refractivity contribution in [1.29, 1.82) is 0 Å². The van der Waals surface area contributed by atoms with Crippen LogP contribution in [0.5, 0.6) is 0 Å². The molecule has 1 saturated heterocycles. The summed E-state index contributed by atoms with van der Waals surface area (Å²) in [5.41, 5.74) is 2.17. The van der Waals surface area contributed by atoms with Crippen molar-refractivity contribution in [2.24, 2.45) is 5.92 Å². The van der Waals surface area contributed by atoms with Crippen molar-refractivity contribution in [2.75, 3.05) is 19.6 Å². The van der Waals surface area contributed by atoms with Crippen molar-refractivity contribution in [3.63, 3.8) is 0 Å². The lowest BCUT2D eigenvalue weighted by atomic mass is 9.89. The summed E-state index contributed by atoms with van der Waals surface area (Å²) in [4.78, 5) is 26.2. The number of carbonyl (C=O) groups is 2. The zero-order chi connectivity index (χ0) is 20.5. The van der Waals surface area contributed by atoms with Gasteiger partial charge in [0.05, 0.1) is 0 Å². The molecule has 2 N–H and O–H groups in total. The van der Waals surface area contributed by atoms with Crippen molar-refractivity contribution >= 4 is 12.1 Å². The van der Waals surface area contributed by atoms with E-state index in [1.165, 1.54) is 5.56 Å². The van der Waals surface area contributed by atoms with Crippen molar-refractivity contribution in [1.82, 2.24) is 10.2 Å². The van der Waals surface area contributed by atoms with E-state index in [1.807, 2.05) is 48.5 Å². The Morgan fingerprint density at radius 3 is 2.17 bits per heavy atom. The fourth-order valence-corrected chi connectivity index (χ4v) is 3.71. The molecule has 3 rings (SSSR count). The summed E-state index contributed by atoms with van der Waals surface area (Å²) in [5, 5.41) is 12.1. The van der Waals surface area contributed by atoms with E-state index >= 15 is 0 Å². The van der Waals surface area contributed by atoms with Gasteiger partial charge in [0, 0.05) is 6.54 Å². The van der Waals surface area contributed by atoms with Crippen LogP contribution in [0.2, 0.25) is 0 Å². The van der Waals surface area contributed by atoms with E-state index in [9.17, 15) is 14.7 Å². The summed E-state index contributed by atoms with van der Waals surface area (Å²) in [5.74, 6) is -1.10. The maximum atomic E-state index is 12.1. The van der Waals surface area contributed by atoms with Gasteiger partial charge in [0.2, 0.25) is 0 Å². The molecule has 1 unspecified atom stereocenters. The molecule has 1 aliphatic heterocycles. The number of carbonyl (C=O) groups excluding carboxylic acids is 1. The fourth-order valence-electron chi connectivity index (χ4n) is 3.71. The number of ether oxygens (including phenoxy) is 1. The molecule has 1 aliphatic rings. The Labute approximate surface area is 171 Å². The van der Waals surface area contributed by atoms with Crippen molar-refractivity contribution < 1.29 is 19.4 Å². The monoisotopic (exact) mass is 396 g/mol. The Balaban J connectivity index is 1.43. The summed E-state index contributed by atoms with van der Waals surface area (Å²) >= 11 is 0. The van der Waals surface area contributed by atoms with Crippen molar-refractivity contribution in [3.8, 4) is 0 Å². The highest BCUT2D eigenvalue weighted by Gasteiger charge is 2.32. The number of benzene rings is 2. The molecule has 6 nitrogen and oxygen atoms in total. The average Bonchev–Trinajstić information content (AvgIpc) is 2.76. The van der Waals surface area contributed by atoms with Gasteiger partial charge in [0.25, 0.3) is 0 Å². The molecule has 1 fully saturated rings. The van der Waals surface area contributed by atoms with E-state index < -0.39 is 18.1 Å². The second kappa shape index (κ2) is 10.6. The normalized spacial score (nSPS) is 16.1. The molecule has 2 aromatic carbocycles. The van der Waals surface area contributed by atoms with Crippen molar-refractivity contribution in [3.05, 3.63) is 71.8 Å². The van der Waals surface area contributed by atoms with E-state index in [0.29, 0.717) is 0 Å². The fraction of sp³-hybridized carbons (Fsp3) is 0.391. The quantitative estimate of drug-likeness (QED) is 0.716. The second-order valence-electron chi connectivity index (χ2n) is 7.44. The first kappa shape index (κ1) is 20.9. The molecular weight excluding hydrogens is 368 g/mol. The second-order valence-corrected chi connectivity index (χ2v) is 7.44. The lowest BCUT2D eigenvalue weighted by molar-refractivity contribution is -0.141. The minimum atomic E-state index is -1.01. The third-order valence-corrected chi connectivity index (χ3v) is 5.42. The zero-order valence-electron chi connectivity index (χ0n) is 16.5. The van der Waals surface area contributed by atoms with Gasteiger partial charge in [0.15, 0.2) is 0 Å². The van der Waals surface area contributed by atoms with Crippen LogP contribution in [-0.4, -0.2) is 47.7 Å². The highest BCUT2D eigenvalue weighted by molar-refractivity contribution is 5.80. The molecule has 0 bridgehead atoms. The van der Waals surface area contributed by atoms with Gasteiger partial charge in [-0.15, -0.1) is 0 Å². The third kappa shape index (κ3) is 6.61. The first-order valence-corrected chi connectivity index (χ1v) is 10.1. The van der Waals surface area contributed by atoms with Crippen LogP contribution < -0.4 is 5.32 Å². The summed E-state index contributed by atoms with van der Waals surface area (Å²) in [6.45, 7) is 2.75. The SMILES string of the molecule is O=C(NC(C(=O)O)C1CCN(CCc2ccccc2)CC1)OCc1ccccc1. The number of aliphatic carboxylic acids is 1. The topological polar surface area (TPSA) is 78.9 Å². The molecule has 0 spiro atoms. The first-order chi connectivity index (χ1) is 14.1. The zero-order valence-corrected chi connectivity index (χ0v) is 16.5. The molecule has 0 saturated carbocycles. The number of carboxylic acids is 1. The van der Waals surface area contributed by atoms with Gasteiger partial charge < -0.3 is 20.1 Å². The Morgan fingerprint density at radius 2 is 1.59 bits per heavy atom. The van der Waals surface area contributed by atoms with Crippen LogP contribution in [0.1, 0.15) is 24.0 Å². The molecule has 1 amide bonds. The summed E-state index contributed by atoms with van der Waals surface area (Å²) in [7, 11) is 0. The molecule has 1 heterocycles. The van der Waals surface area contributed by atoms with Crippen LogP contribution in [0.25, 0.3) is 0 Å². The Morgan fingerprint density at radius 1 is 1.00 bits per heavy atom. The minimum absolute atomic E-state index is 0.0928. The number of rotatable bonds is 8. The van der Waals surface area contributed by atoms with Gasteiger partial charge in [-0.3, -0.25) is 0 Å². The van der Waals surface area contributed by atoms with E-state index in [1.54, 1.807) is 0 Å². The maximum absolute atomic E-state index is 12.1. The Hall–Kier alpha value is -2.86. The average molecular weight is 396 g/mol. The van der Waals surface area contributed by atoms with E-state index in [4.69, 9.17) is 4.74 Å². The summed E-state index contributed by atoms with van der Waals surface area (Å²) in [6, 6.07) is 18.7. The molecular formula is C23H28N2O4. The standard InChI is InChI=1S/C23H28N2O4/c26-22(27)21(24-23(28)29-17-19-9-5-2-6-10-19)20-12-15-25(16-13-20)14-11-18-7-3-1-4-8-18/h1-10,20-21H,11-17H2,(H,24,28)(H,26,27). The molecule has 154 valence electrons. The van der Waals surface area contributed by atoms with Gasteiger partial charge in [-0.25, -0.2) is 9.59 Å². The van der Waals surface area contributed by atoms with Crippen molar-refractivity contribution in [2.45, 2.75) is 31.9 Å². The number of nitrogens with zero attached hydrogens (tertiary/aromatic N) is 1. The smallest absolute Gasteiger partial charge is 0.408 e. The molecule has 0 aromatic heterocycles. The number of hydrogen-bond acceptors (Lipinski definition) is 4. The van der Waals surface area contributed by atoms with Crippen LogP contribution in [0, 0.1) is 5.92 Å². The van der Waals surface area contributed by atoms with Gasteiger partial charge >= 0.3 is 12.1 Å². The van der Waals surface area contributed by atoms with Crippen LogP contribution in [0.4, 0.5) is 4.79 Å². The molecule has 1 atom stereocenters. The van der Waals surface area contributed by atoms with Gasteiger partial charge in [-0.05, 0) is 49.4 Å². The lowest BCUT2D eigenvalue weighted by Gasteiger charge is -2.34. The number of carboxylic acid groups (broad SMARTS) is 1. The van der Waals surface area contributed by atoms with Crippen LogP contribution in [0.3, 0.4) is 0 Å². The van der Waals surface area contributed by atoms with Crippen LogP contribution >= 0.6 is 0 Å². The maximum Gasteiger partial charge on any atom is 0.408 e. The largest absolute Gasteiger partial charge is 0.480 e. The van der Waals surface area contributed by atoms with E-state index in [-0.39, 0.29) is 12.5 Å². The summed E-state index contributed by atoms with van der Waals surface area (Å²) < 4.78 is 5.18. The Bertz CT molecular complexity index is 774. The number of nitrogens with one attached hydrogen (secondary N) is 1. The predicted molar refractivity (Wildman–Crippen MR) is 110 cm³/mol. The Kier molecular flexibility index (Phi) is 7.64. The lowest BCUT2D eigenvalue weighted by Crippen LogP contribution is -2.49. The van der Waals surface area contributed by atoms with Crippen LogP contribution in [-0.2, 0) is 22.6 Å². The molecule has 29 heavy (non-hydrogen) atoms. The van der Waals surface area contributed by atoms with Gasteiger partial charge in [-0.2, -0.15) is 0 Å². The number of amides is 1. The molecule has 2 aromatic rings. The highest BCUT2D eigenvalue weighted by Crippen LogP contribution is 2.21.